The van der Waals surface area contributed by atoms with Gasteiger partial charge in [-0.15, -0.1) is 0 Å². The van der Waals surface area contributed by atoms with Crippen LogP contribution in [-0.2, 0) is 16.8 Å². The molecule has 0 amide bonds. The Balaban J connectivity index is 1.22. The van der Waals surface area contributed by atoms with Crippen molar-refractivity contribution in [2.24, 2.45) is 11.8 Å². The molecule has 6 rings (SSSR count). The lowest BCUT2D eigenvalue weighted by atomic mass is 9.84. The summed E-state index contributed by atoms with van der Waals surface area (Å²) in [5.41, 5.74) is 3.67. The lowest BCUT2D eigenvalue weighted by Crippen LogP contribution is -2.49. The van der Waals surface area contributed by atoms with Crippen molar-refractivity contribution in [3.05, 3.63) is 47.4 Å². The number of halogens is 1. The van der Waals surface area contributed by atoms with E-state index in [1.54, 1.807) is 12.1 Å². The van der Waals surface area contributed by atoms with Crippen LogP contribution in [0.25, 0.3) is 20.9 Å². The van der Waals surface area contributed by atoms with E-state index >= 15 is 0 Å². The lowest BCUT2D eigenvalue weighted by molar-refractivity contribution is -0.147. The van der Waals surface area contributed by atoms with Crippen LogP contribution in [0.2, 0.25) is 0 Å². The number of carbonyl (C=O) groups is 1. The van der Waals surface area contributed by atoms with Crippen LogP contribution in [0.4, 0.5) is 4.39 Å². The number of pyridine rings is 1. The summed E-state index contributed by atoms with van der Waals surface area (Å²) in [6, 6.07) is 9.46. The average Bonchev–Trinajstić information content (AvgIpc) is 3.17. The van der Waals surface area contributed by atoms with Gasteiger partial charge in [0.25, 0.3) is 0 Å². The number of thiazole rings is 1. The van der Waals surface area contributed by atoms with Crippen LogP contribution in [-0.4, -0.2) is 39.0 Å². The summed E-state index contributed by atoms with van der Waals surface area (Å²) in [6.45, 7) is 1.61. The zero-order valence-electron chi connectivity index (χ0n) is 17.9. The fourth-order valence-corrected chi connectivity index (χ4v) is 6.60. The van der Waals surface area contributed by atoms with E-state index in [9.17, 15) is 9.18 Å². The van der Waals surface area contributed by atoms with Crippen LogP contribution in [0.5, 0.6) is 0 Å². The molecule has 0 spiro atoms. The summed E-state index contributed by atoms with van der Waals surface area (Å²) in [5.74, 6) is -0.586. The number of aromatic nitrogens is 2. The van der Waals surface area contributed by atoms with Crippen LogP contribution in [0.1, 0.15) is 49.8 Å². The minimum Gasteiger partial charge on any atom is -0.481 e. The quantitative estimate of drug-likeness (QED) is 0.556. The second-order valence-electron chi connectivity index (χ2n) is 9.72. The summed E-state index contributed by atoms with van der Waals surface area (Å²) in [5, 5.41) is 9.67. The molecule has 0 radical (unpaired) electrons. The van der Waals surface area contributed by atoms with Gasteiger partial charge in [-0.05, 0) is 61.4 Å². The Morgan fingerprint density at radius 2 is 1.94 bits per heavy atom. The molecule has 1 N–H and O–H groups in total. The van der Waals surface area contributed by atoms with Crippen LogP contribution in [0.15, 0.2) is 30.3 Å². The molecule has 1 aliphatic heterocycles. The van der Waals surface area contributed by atoms with Crippen molar-refractivity contribution in [1.82, 2.24) is 14.9 Å². The number of hydrogen-bond acceptors (Lipinski definition) is 5. The highest BCUT2D eigenvalue weighted by Gasteiger charge is 2.52. The standard InChI is InChI=1S/C25H26FN3O2S/c26-19-11-15(12-29-13-16(14-29)24(30)31)5-6-18(19)22-27-20-7-8-21(28-23(20)32-22)25(9-10-25)17-3-1-2-4-17/h5-8,11,16-17H,1-4,9-10,12-14H2,(H,30,31). The van der Waals surface area contributed by atoms with Crippen molar-refractivity contribution in [1.29, 1.82) is 0 Å². The zero-order chi connectivity index (χ0) is 21.9. The van der Waals surface area contributed by atoms with Crippen LogP contribution in [0, 0.1) is 17.7 Å². The maximum atomic E-state index is 15.0. The summed E-state index contributed by atoms with van der Waals surface area (Å²) in [6.07, 6.45) is 7.79. The van der Waals surface area contributed by atoms with Crippen molar-refractivity contribution in [2.75, 3.05) is 13.1 Å². The molecule has 0 atom stereocenters. The molecule has 2 saturated carbocycles. The molecule has 0 unspecified atom stereocenters. The Labute approximate surface area is 190 Å². The summed E-state index contributed by atoms with van der Waals surface area (Å²) >= 11 is 1.47. The number of hydrogen-bond donors (Lipinski definition) is 1. The number of benzene rings is 1. The van der Waals surface area contributed by atoms with Crippen molar-refractivity contribution in [2.45, 2.75) is 50.5 Å². The molecule has 2 aromatic heterocycles. The minimum atomic E-state index is -0.758. The van der Waals surface area contributed by atoms with Gasteiger partial charge in [0.05, 0.1) is 5.92 Å². The molecule has 3 heterocycles. The van der Waals surface area contributed by atoms with Crippen LogP contribution >= 0.6 is 11.3 Å². The Kier molecular flexibility index (Phi) is 4.80. The highest BCUT2D eigenvalue weighted by atomic mass is 32.1. The first-order valence-corrected chi connectivity index (χ1v) is 12.4. The van der Waals surface area contributed by atoms with Gasteiger partial charge in [0.1, 0.15) is 21.2 Å². The number of rotatable bonds is 6. The van der Waals surface area contributed by atoms with E-state index in [1.807, 2.05) is 11.0 Å². The van der Waals surface area contributed by atoms with E-state index in [2.05, 4.69) is 17.1 Å². The van der Waals surface area contributed by atoms with Gasteiger partial charge in [0.15, 0.2) is 0 Å². The number of carboxylic acid groups (broad SMARTS) is 1. The highest BCUT2D eigenvalue weighted by molar-refractivity contribution is 7.21. The zero-order valence-corrected chi connectivity index (χ0v) is 18.7. The maximum absolute atomic E-state index is 15.0. The van der Waals surface area contributed by atoms with Gasteiger partial charge in [-0.2, -0.15) is 0 Å². The molecule has 32 heavy (non-hydrogen) atoms. The fourth-order valence-electron chi connectivity index (χ4n) is 5.64. The normalized spacial score (nSPS) is 21.2. The molecule has 0 bridgehead atoms. The van der Waals surface area contributed by atoms with Gasteiger partial charge in [0.2, 0.25) is 0 Å². The molecule has 3 fully saturated rings. The molecule has 1 aromatic carbocycles. The van der Waals surface area contributed by atoms with Gasteiger partial charge < -0.3 is 5.11 Å². The molecule has 166 valence electrons. The molecule has 3 aromatic rings. The third-order valence-corrected chi connectivity index (χ3v) is 8.67. The van der Waals surface area contributed by atoms with E-state index in [4.69, 9.17) is 10.1 Å². The van der Waals surface area contributed by atoms with Gasteiger partial charge >= 0.3 is 5.97 Å². The second-order valence-corrected chi connectivity index (χ2v) is 10.7. The Morgan fingerprint density at radius 1 is 1.16 bits per heavy atom. The largest absolute Gasteiger partial charge is 0.481 e. The highest BCUT2D eigenvalue weighted by Crippen LogP contribution is 2.58. The van der Waals surface area contributed by atoms with Crippen LogP contribution in [0.3, 0.4) is 0 Å². The van der Waals surface area contributed by atoms with Crippen molar-refractivity contribution in [3.8, 4) is 10.6 Å². The Morgan fingerprint density at radius 3 is 2.62 bits per heavy atom. The summed E-state index contributed by atoms with van der Waals surface area (Å²) in [4.78, 5) is 23.6. The smallest absolute Gasteiger partial charge is 0.309 e. The maximum Gasteiger partial charge on any atom is 0.309 e. The van der Waals surface area contributed by atoms with E-state index in [1.165, 1.54) is 55.6 Å². The Bertz CT molecular complexity index is 1190. The number of carboxylic acids is 1. The molecular weight excluding hydrogens is 425 g/mol. The first-order valence-electron chi connectivity index (χ1n) is 11.5. The molecule has 7 heteroatoms. The molecule has 5 nitrogen and oxygen atoms in total. The number of likely N-dealkylation sites (tertiary alicyclic amines) is 1. The third kappa shape index (κ3) is 3.42. The topological polar surface area (TPSA) is 66.3 Å². The first kappa shape index (κ1) is 20.2. The van der Waals surface area contributed by atoms with E-state index < -0.39 is 5.97 Å². The monoisotopic (exact) mass is 451 g/mol. The van der Waals surface area contributed by atoms with Gasteiger partial charge in [-0.25, -0.2) is 14.4 Å². The van der Waals surface area contributed by atoms with Gasteiger partial charge in [0, 0.05) is 36.3 Å². The number of aliphatic carboxylic acids is 1. The number of nitrogens with zero attached hydrogens (tertiary/aromatic N) is 3. The van der Waals surface area contributed by atoms with E-state index in [-0.39, 0.29) is 17.2 Å². The van der Waals surface area contributed by atoms with Gasteiger partial charge in [-0.1, -0.05) is 30.2 Å². The molecule has 3 aliphatic rings. The average molecular weight is 452 g/mol. The molecule has 1 saturated heterocycles. The minimum absolute atomic E-state index is 0.276. The first-order chi connectivity index (χ1) is 15.5. The second kappa shape index (κ2) is 7.59. The predicted octanol–water partition coefficient (Wildman–Crippen LogP) is 5.24. The van der Waals surface area contributed by atoms with E-state index in [0.29, 0.717) is 30.2 Å². The van der Waals surface area contributed by atoms with Crippen molar-refractivity contribution < 1.29 is 14.3 Å². The van der Waals surface area contributed by atoms with E-state index in [0.717, 1.165) is 21.8 Å². The summed E-state index contributed by atoms with van der Waals surface area (Å²) < 4.78 is 15.0. The van der Waals surface area contributed by atoms with Crippen molar-refractivity contribution >= 4 is 27.7 Å². The van der Waals surface area contributed by atoms with Gasteiger partial charge in [-0.3, -0.25) is 9.69 Å². The molecule has 2 aliphatic carbocycles. The predicted molar refractivity (Wildman–Crippen MR) is 122 cm³/mol. The lowest BCUT2D eigenvalue weighted by Gasteiger charge is -2.36. The summed E-state index contributed by atoms with van der Waals surface area (Å²) in [7, 11) is 0. The third-order valence-electron chi connectivity index (χ3n) is 7.67. The SMILES string of the molecule is O=C(O)C1CN(Cc2ccc(-c3nc4ccc(C5(C6CCCC6)CC5)nc4s3)c(F)c2)C1. The Hall–Kier alpha value is -2.38. The molecular formula is C25H26FN3O2S. The fraction of sp³-hybridized carbons (Fsp3) is 0.480. The van der Waals surface area contributed by atoms with Crippen LogP contribution < -0.4 is 0 Å². The number of fused-ring (bicyclic) bond motifs is 1. The van der Waals surface area contributed by atoms with Crippen molar-refractivity contribution in [3.63, 3.8) is 0 Å².